The quantitative estimate of drug-likeness (QED) is 0.515. The van der Waals surface area contributed by atoms with Gasteiger partial charge in [0.2, 0.25) is 0 Å². The number of methoxy groups -OCH3 is 1. The first-order valence-corrected chi connectivity index (χ1v) is 4.01. The Bertz CT molecular complexity index is 119. The molecule has 2 rings (SSSR count). The summed E-state index contributed by atoms with van der Waals surface area (Å²) in [6, 6.07) is 0. The molecule has 0 amide bonds. The summed E-state index contributed by atoms with van der Waals surface area (Å²) in [5.74, 6) is 0. The van der Waals surface area contributed by atoms with Crippen molar-refractivity contribution >= 4 is 0 Å². The second-order valence-electron chi connectivity index (χ2n) is 3.41. The van der Waals surface area contributed by atoms with Crippen molar-refractivity contribution in [1.82, 2.24) is 0 Å². The van der Waals surface area contributed by atoms with Crippen LogP contribution < -0.4 is 0 Å². The molecule has 10 heavy (non-hydrogen) atoms. The van der Waals surface area contributed by atoms with Crippen molar-refractivity contribution in [2.24, 2.45) is 0 Å². The van der Waals surface area contributed by atoms with Crippen LogP contribution in [-0.4, -0.2) is 25.4 Å². The zero-order chi connectivity index (χ0) is 7.03. The summed E-state index contributed by atoms with van der Waals surface area (Å²) in [6.07, 6.45) is 5.32. The van der Waals surface area contributed by atoms with Crippen LogP contribution in [0.15, 0.2) is 0 Å². The maximum atomic E-state index is 5.37. The van der Waals surface area contributed by atoms with Gasteiger partial charge in [-0.1, -0.05) is 0 Å². The normalized spacial score (nSPS) is 45.9. The molecule has 0 radical (unpaired) electrons. The van der Waals surface area contributed by atoms with E-state index in [9.17, 15) is 0 Å². The lowest BCUT2D eigenvalue weighted by Gasteiger charge is -2.24. The van der Waals surface area contributed by atoms with E-state index in [0.29, 0.717) is 11.7 Å². The highest BCUT2D eigenvalue weighted by molar-refractivity contribution is 4.96. The summed E-state index contributed by atoms with van der Waals surface area (Å²) >= 11 is 0. The van der Waals surface area contributed by atoms with Crippen LogP contribution in [0.2, 0.25) is 0 Å². The molecule has 2 heteroatoms. The fraction of sp³-hybridized carbons (Fsp3) is 1.00. The van der Waals surface area contributed by atoms with Crippen molar-refractivity contribution in [3.63, 3.8) is 0 Å². The van der Waals surface area contributed by atoms with Gasteiger partial charge in [0.15, 0.2) is 0 Å². The average molecular weight is 142 g/mol. The molecule has 1 aliphatic carbocycles. The summed E-state index contributed by atoms with van der Waals surface area (Å²) in [7, 11) is 1.80. The zero-order valence-electron chi connectivity index (χ0n) is 6.43. The molecule has 0 N–H and O–H groups in total. The van der Waals surface area contributed by atoms with Crippen LogP contribution in [0.3, 0.4) is 0 Å². The molecule has 2 fully saturated rings. The smallest absolute Gasteiger partial charge is 0.0918 e. The number of epoxide rings is 1. The summed E-state index contributed by atoms with van der Waals surface area (Å²) in [6.45, 7) is 1.00. The van der Waals surface area contributed by atoms with E-state index in [-0.39, 0.29) is 0 Å². The van der Waals surface area contributed by atoms with Gasteiger partial charge in [-0.3, -0.25) is 0 Å². The topological polar surface area (TPSA) is 21.8 Å². The van der Waals surface area contributed by atoms with Crippen molar-refractivity contribution in [2.75, 3.05) is 13.7 Å². The molecule has 1 saturated carbocycles. The van der Waals surface area contributed by atoms with Crippen LogP contribution in [0.25, 0.3) is 0 Å². The second-order valence-corrected chi connectivity index (χ2v) is 3.41. The Labute approximate surface area is 61.5 Å². The predicted molar refractivity (Wildman–Crippen MR) is 37.9 cm³/mol. The molecule has 0 aromatic rings. The molecule has 1 aliphatic heterocycles. The van der Waals surface area contributed by atoms with E-state index in [2.05, 4.69) is 0 Å². The second kappa shape index (κ2) is 2.21. The molecule has 0 aromatic carbocycles. The van der Waals surface area contributed by atoms with Crippen molar-refractivity contribution < 1.29 is 9.47 Å². The Morgan fingerprint density at radius 1 is 1.40 bits per heavy atom. The summed E-state index contributed by atoms with van der Waals surface area (Å²) in [5.41, 5.74) is 0.328. The van der Waals surface area contributed by atoms with Gasteiger partial charge in [0.1, 0.15) is 0 Å². The lowest BCUT2D eigenvalue weighted by atomic mass is 9.88. The van der Waals surface area contributed by atoms with Gasteiger partial charge in [-0.25, -0.2) is 0 Å². The van der Waals surface area contributed by atoms with Crippen molar-refractivity contribution in [3.05, 3.63) is 0 Å². The first-order chi connectivity index (χ1) is 4.85. The third-order valence-electron chi connectivity index (χ3n) is 2.73. The van der Waals surface area contributed by atoms with Crippen molar-refractivity contribution in [2.45, 2.75) is 37.4 Å². The lowest BCUT2D eigenvalue weighted by molar-refractivity contribution is 0.0477. The lowest BCUT2D eigenvalue weighted by Crippen LogP contribution is -2.25. The zero-order valence-corrected chi connectivity index (χ0v) is 6.43. The van der Waals surface area contributed by atoms with Crippen LogP contribution in [0, 0.1) is 0 Å². The maximum absolute atomic E-state index is 5.37. The Balaban J connectivity index is 1.84. The molecule has 58 valence electrons. The molecule has 0 aromatic heterocycles. The molecule has 2 aliphatic rings. The van der Waals surface area contributed by atoms with Crippen LogP contribution in [0.4, 0.5) is 0 Å². The molecule has 1 heterocycles. The summed E-state index contributed by atoms with van der Waals surface area (Å²) < 4.78 is 10.6. The van der Waals surface area contributed by atoms with Gasteiger partial charge >= 0.3 is 0 Å². The van der Waals surface area contributed by atoms with Gasteiger partial charge in [-0.05, 0) is 25.7 Å². The van der Waals surface area contributed by atoms with Crippen molar-refractivity contribution in [1.29, 1.82) is 0 Å². The molecular weight excluding hydrogens is 128 g/mol. The van der Waals surface area contributed by atoms with Crippen molar-refractivity contribution in [3.8, 4) is 0 Å². The predicted octanol–water partition coefficient (Wildman–Crippen LogP) is 1.34. The summed E-state index contributed by atoms with van der Waals surface area (Å²) in [5, 5.41) is 0. The van der Waals surface area contributed by atoms with E-state index < -0.39 is 0 Å². The molecule has 1 saturated heterocycles. The maximum Gasteiger partial charge on any atom is 0.0918 e. The monoisotopic (exact) mass is 142 g/mol. The van der Waals surface area contributed by atoms with E-state index >= 15 is 0 Å². The average Bonchev–Trinajstić information content (AvgIpc) is 2.72. The Morgan fingerprint density at radius 2 is 2.00 bits per heavy atom. The van der Waals surface area contributed by atoms with Crippen LogP contribution in [0.5, 0.6) is 0 Å². The Hall–Kier alpha value is -0.0800. The minimum absolute atomic E-state index is 0.328. The van der Waals surface area contributed by atoms with Gasteiger partial charge in [-0.2, -0.15) is 0 Å². The largest absolute Gasteiger partial charge is 0.381 e. The number of ether oxygens (including phenoxy) is 2. The van der Waals surface area contributed by atoms with Gasteiger partial charge in [0.25, 0.3) is 0 Å². The first-order valence-electron chi connectivity index (χ1n) is 4.01. The van der Waals surface area contributed by atoms with Gasteiger partial charge in [0, 0.05) is 7.11 Å². The number of rotatable bonds is 1. The highest BCUT2D eigenvalue weighted by Gasteiger charge is 2.46. The highest BCUT2D eigenvalue weighted by atomic mass is 16.6. The summed E-state index contributed by atoms with van der Waals surface area (Å²) in [4.78, 5) is 0. The third kappa shape index (κ3) is 1.06. The number of hydrogen-bond donors (Lipinski definition) is 0. The molecule has 1 spiro atoms. The SMILES string of the molecule is CO[C@H]1CC[C@@]2(CC1)CO2. The van der Waals surface area contributed by atoms with E-state index in [0.717, 1.165) is 6.61 Å². The van der Waals surface area contributed by atoms with Crippen LogP contribution >= 0.6 is 0 Å². The fourth-order valence-electron chi connectivity index (χ4n) is 1.74. The van der Waals surface area contributed by atoms with Crippen LogP contribution in [0.1, 0.15) is 25.7 Å². The van der Waals surface area contributed by atoms with E-state index in [1.165, 1.54) is 25.7 Å². The first kappa shape index (κ1) is 6.62. The van der Waals surface area contributed by atoms with Gasteiger partial charge in [0.05, 0.1) is 18.3 Å². The molecule has 0 unspecified atom stereocenters. The van der Waals surface area contributed by atoms with E-state index in [1.807, 2.05) is 0 Å². The van der Waals surface area contributed by atoms with E-state index in [1.54, 1.807) is 7.11 Å². The molecule has 0 bridgehead atoms. The molecule has 2 nitrogen and oxygen atoms in total. The molecular formula is C8H14O2. The standard InChI is InChI=1S/C8H14O2/c1-9-7-2-4-8(5-3-7)6-10-8/h7H,2-6H2,1H3/t7-,8+. The minimum atomic E-state index is 0.328. The Morgan fingerprint density at radius 3 is 2.40 bits per heavy atom. The van der Waals surface area contributed by atoms with E-state index in [4.69, 9.17) is 9.47 Å². The van der Waals surface area contributed by atoms with Gasteiger partial charge in [-0.15, -0.1) is 0 Å². The Kier molecular flexibility index (Phi) is 1.46. The minimum Gasteiger partial charge on any atom is -0.381 e. The molecule has 0 atom stereocenters. The van der Waals surface area contributed by atoms with Crippen LogP contribution in [-0.2, 0) is 9.47 Å². The highest BCUT2D eigenvalue weighted by Crippen LogP contribution is 2.42. The fourth-order valence-corrected chi connectivity index (χ4v) is 1.74. The third-order valence-corrected chi connectivity index (χ3v) is 2.73. The number of hydrogen-bond acceptors (Lipinski definition) is 2. The van der Waals surface area contributed by atoms with Gasteiger partial charge < -0.3 is 9.47 Å².